The second-order valence-electron chi connectivity index (χ2n) is 4.83. The molecule has 0 amide bonds. The van der Waals surface area contributed by atoms with E-state index in [-0.39, 0.29) is 17.0 Å². The van der Waals surface area contributed by atoms with Gasteiger partial charge < -0.3 is 5.73 Å². The van der Waals surface area contributed by atoms with E-state index in [0.717, 1.165) is 19.4 Å². The summed E-state index contributed by atoms with van der Waals surface area (Å²) in [4.78, 5) is 2.16. The van der Waals surface area contributed by atoms with Gasteiger partial charge in [0.2, 0.25) is 0 Å². The molecule has 15 heavy (non-hydrogen) atoms. The van der Waals surface area contributed by atoms with E-state index >= 15 is 0 Å². The monoisotopic (exact) mass is 234 g/mol. The van der Waals surface area contributed by atoms with Gasteiger partial charge in [-0.3, -0.25) is 4.90 Å². The molecule has 0 aromatic carbocycles. The lowest BCUT2D eigenvalue weighted by Gasteiger charge is -2.34. The molecule has 1 unspecified atom stereocenters. The van der Waals surface area contributed by atoms with E-state index in [1.54, 1.807) is 0 Å². The Labute approximate surface area is 92.7 Å². The SMILES string of the molecule is CCCC(C)(N)CN1CCS(=O)(=O)CC1. The topological polar surface area (TPSA) is 63.4 Å². The van der Waals surface area contributed by atoms with Gasteiger partial charge >= 0.3 is 0 Å². The summed E-state index contributed by atoms with van der Waals surface area (Å²) in [5, 5.41) is 0. The second-order valence-corrected chi connectivity index (χ2v) is 7.14. The molecular formula is C10H22N2O2S. The van der Waals surface area contributed by atoms with Crippen LogP contribution in [0, 0.1) is 0 Å². The van der Waals surface area contributed by atoms with Gasteiger partial charge in [0.1, 0.15) is 0 Å². The van der Waals surface area contributed by atoms with Crippen molar-refractivity contribution in [3.8, 4) is 0 Å². The molecule has 0 spiro atoms. The average Bonchev–Trinajstić information content (AvgIpc) is 2.08. The molecule has 90 valence electrons. The summed E-state index contributed by atoms with van der Waals surface area (Å²) in [6, 6.07) is 0. The summed E-state index contributed by atoms with van der Waals surface area (Å²) < 4.78 is 22.5. The van der Waals surface area contributed by atoms with Crippen molar-refractivity contribution in [3.05, 3.63) is 0 Å². The highest BCUT2D eigenvalue weighted by molar-refractivity contribution is 7.91. The molecule has 1 rings (SSSR count). The van der Waals surface area contributed by atoms with E-state index in [2.05, 4.69) is 11.8 Å². The highest BCUT2D eigenvalue weighted by atomic mass is 32.2. The zero-order valence-corrected chi connectivity index (χ0v) is 10.5. The van der Waals surface area contributed by atoms with Crippen LogP contribution in [0.25, 0.3) is 0 Å². The molecule has 5 heteroatoms. The van der Waals surface area contributed by atoms with Gasteiger partial charge in [0.25, 0.3) is 0 Å². The predicted molar refractivity (Wildman–Crippen MR) is 62.6 cm³/mol. The van der Waals surface area contributed by atoms with Crippen LogP contribution in [0.5, 0.6) is 0 Å². The molecule has 0 aromatic heterocycles. The highest BCUT2D eigenvalue weighted by Crippen LogP contribution is 2.13. The summed E-state index contributed by atoms with van der Waals surface area (Å²) >= 11 is 0. The normalized spacial score (nSPS) is 26.1. The smallest absolute Gasteiger partial charge is 0.152 e. The van der Waals surface area contributed by atoms with Crippen molar-refractivity contribution in [1.29, 1.82) is 0 Å². The number of hydrogen-bond donors (Lipinski definition) is 1. The van der Waals surface area contributed by atoms with Crippen molar-refractivity contribution < 1.29 is 8.42 Å². The number of nitrogens with zero attached hydrogens (tertiary/aromatic N) is 1. The van der Waals surface area contributed by atoms with E-state index in [4.69, 9.17) is 5.73 Å². The third-order valence-electron chi connectivity index (χ3n) is 2.84. The maximum atomic E-state index is 11.2. The van der Waals surface area contributed by atoms with Crippen LogP contribution in [0.4, 0.5) is 0 Å². The van der Waals surface area contributed by atoms with Gasteiger partial charge in [0.15, 0.2) is 9.84 Å². The van der Waals surface area contributed by atoms with E-state index < -0.39 is 9.84 Å². The molecule has 0 bridgehead atoms. The molecule has 1 aliphatic heterocycles. The average molecular weight is 234 g/mol. The van der Waals surface area contributed by atoms with Gasteiger partial charge in [-0.25, -0.2) is 8.42 Å². The molecule has 4 nitrogen and oxygen atoms in total. The van der Waals surface area contributed by atoms with E-state index in [1.807, 2.05) is 6.92 Å². The summed E-state index contributed by atoms with van der Waals surface area (Å²) in [6.07, 6.45) is 2.05. The fourth-order valence-corrected chi connectivity index (χ4v) is 3.35. The molecule has 0 radical (unpaired) electrons. The Morgan fingerprint density at radius 1 is 1.33 bits per heavy atom. The van der Waals surface area contributed by atoms with Crippen LogP contribution in [0.3, 0.4) is 0 Å². The standard InChI is InChI=1S/C10H22N2O2S/c1-3-4-10(2,11)9-12-5-7-15(13,14)8-6-12/h3-9,11H2,1-2H3. The first-order valence-corrected chi connectivity index (χ1v) is 7.38. The summed E-state index contributed by atoms with van der Waals surface area (Å²) in [5.74, 6) is 0.574. The molecular weight excluding hydrogens is 212 g/mol. The van der Waals surface area contributed by atoms with E-state index in [1.165, 1.54) is 0 Å². The molecule has 1 atom stereocenters. The maximum Gasteiger partial charge on any atom is 0.152 e. The van der Waals surface area contributed by atoms with Gasteiger partial charge in [0.05, 0.1) is 11.5 Å². The number of hydrogen-bond acceptors (Lipinski definition) is 4. The largest absolute Gasteiger partial charge is 0.324 e. The van der Waals surface area contributed by atoms with Crippen LogP contribution in [-0.4, -0.2) is 50.0 Å². The van der Waals surface area contributed by atoms with Crippen molar-refractivity contribution in [3.63, 3.8) is 0 Å². The van der Waals surface area contributed by atoms with Crippen LogP contribution in [0.1, 0.15) is 26.7 Å². The van der Waals surface area contributed by atoms with Crippen molar-refractivity contribution in [1.82, 2.24) is 4.90 Å². The Kier molecular flexibility index (Phi) is 4.14. The number of sulfone groups is 1. The minimum Gasteiger partial charge on any atom is -0.324 e. The zero-order valence-electron chi connectivity index (χ0n) is 9.70. The Morgan fingerprint density at radius 3 is 2.33 bits per heavy atom. The fraction of sp³-hybridized carbons (Fsp3) is 1.00. The Hall–Kier alpha value is -0.130. The van der Waals surface area contributed by atoms with Crippen LogP contribution in [-0.2, 0) is 9.84 Å². The van der Waals surface area contributed by atoms with E-state index in [0.29, 0.717) is 13.1 Å². The number of rotatable bonds is 4. The maximum absolute atomic E-state index is 11.2. The lowest BCUT2D eigenvalue weighted by molar-refractivity contribution is 0.223. The summed E-state index contributed by atoms with van der Waals surface area (Å²) in [5.41, 5.74) is 5.95. The van der Waals surface area contributed by atoms with Crippen molar-refractivity contribution >= 4 is 9.84 Å². The minimum absolute atomic E-state index is 0.185. The third kappa shape index (κ3) is 4.49. The molecule has 1 fully saturated rings. The molecule has 2 N–H and O–H groups in total. The Bertz CT molecular complexity index is 285. The van der Waals surface area contributed by atoms with Crippen LogP contribution in [0.15, 0.2) is 0 Å². The predicted octanol–water partition coefficient (Wildman–Crippen LogP) is 0.234. The van der Waals surface area contributed by atoms with Gasteiger partial charge in [-0.1, -0.05) is 13.3 Å². The first kappa shape index (κ1) is 12.9. The van der Waals surface area contributed by atoms with Gasteiger partial charge in [-0.05, 0) is 13.3 Å². The molecule has 0 aromatic rings. The Morgan fingerprint density at radius 2 is 1.87 bits per heavy atom. The second kappa shape index (κ2) is 4.80. The van der Waals surface area contributed by atoms with Gasteiger partial charge in [-0.15, -0.1) is 0 Å². The summed E-state index contributed by atoms with van der Waals surface area (Å²) in [7, 11) is -2.77. The quantitative estimate of drug-likeness (QED) is 0.756. The van der Waals surface area contributed by atoms with Crippen LogP contribution >= 0.6 is 0 Å². The summed E-state index contributed by atoms with van der Waals surface area (Å²) in [6.45, 7) is 6.24. The van der Waals surface area contributed by atoms with Gasteiger partial charge in [0, 0.05) is 25.2 Å². The zero-order chi connectivity index (χ0) is 11.5. The van der Waals surface area contributed by atoms with Crippen LogP contribution < -0.4 is 5.73 Å². The van der Waals surface area contributed by atoms with Crippen molar-refractivity contribution in [2.75, 3.05) is 31.1 Å². The van der Waals surface area contributed by atoms with Crippen molar-refractivity contribution in [2.24, 2.45) is 5.73 Å². The van der Waals surface area contributed by atoms with Gasteiger partial charge in [-0.2, -0.15) is 0 Å². The first-order chi connectivity index (χ1) is 6.85. The number of nitrogens with two attached hydrogens (primary N) is 1. The molecule has 1 aliphatic rings. The minimum atomic E-state index is -2.77. The lowest BCUT2D eigenvalue weighted by atomic mass is 9.97. The van der Waals surface area contributed by atoms with E-state index in [9.17, 15) is 8.42 Å². The van der Waals surface area contributed by atoms with Crippen molar-refractivity contribution in [2.45, 2.75) is 32.2 Å². The first-order valence-electron chi connectivity index (χ1n) is 5.56. The molecule has 1 heterocycles. The molecule has 1 saturated heterocycles. The van der Waals surface area contributed by atoms with Crippen LogP contribution in [0.2, 0.25) is 0 Å². The molecule has 0 saturated carbocycles. The fourth-order valence-electron chi connectivity index (χ4n) is 2.07. The lowest BCUT2D eigenvalue weighted by Crippen LogP contribution is -2.51. The highest BCUT2D eigenvalue weighted by Gasteiger charge is 2.26. The molecule has 0 aliphatic carbocycles. The third-order valence-corrected chi connectivity index (χ3v) is 4.45. The Balaban J connectivity index is 2.42.